The number of hydrogen-bond donors (Lipinski definition) is 1. The highest BCUT2D eigenvalue weighted by molar-refractivity contribution is 6.30. The quantitative estimate of drug-likeness (QED) is 0.465. The summed E-state index contributed by atoms with van der Waals surface area (Å²) < 4.78 is 42.8. The minimum Gasteiger partial charge on any atom is -0.449 e. The van der Waals surface area contributed by atoms with E-state index in [1.54, 1.807) is 12.1 Å². The van der Waals surface area contributed by atoms with Crippen molar-refractivity contribution in [3.8, 4) is 0 Å². The number of carbonyl (C=O) groups excluding carboxylic acids is 3. The van der Waals surface area contributed by atoms with Crippen molar-refractivity contribution >= 4 is 29.4 Å². The van der Waals surface area contributed by atoms with Gasteiger partial charge in [-0.1, -0.05) is 30.7 Å². The van der Waals surface area contributed by atoms with Crippen molar-refractivity contribution in [1.29, 1.82) is 0 Å². The van der Waals surface area contributed by atoms with E-state index in [0.717, 1.165) is 18.4 Å². The highest BCUT2D eigenvalue weighted by atomic mass is 35.5. The second-order valence-electron chi connectivity index (χ2n) is 11.0. The summed E-state index contributed by atoms with van der Waals surface area (Å²) in [6.07, 6.45) is -3.83. The van der Waals surface area contributed by atoms with Crippen molar-refractivity contribution in [3.05, 3.63) is 34.9 Å². The maximum absolute atomic E-state index is 14.3. The van der Waals surface area contributed by atoms with E-state index in [1.807, 2.05) is 24.0 Å². The molecule has 0 aromatic heterocycles. The summed E-state index contributed by atoms with van der Waals surface area (Å²) in [5, 5.41) is 3.80. The number of amides is 2. The van der Waals surface area contributed by atoms with Crippen LogP contribution in [-0.2, 0) is 14.3 Å². The van der Waals surface area contributed by atoms with Crippen LogP contribution in [0.5, 0.6) is 0 Å². The maximum Gasteiger partial charge on any atom is 0.410 e. The molecular weight excluding hydrogens is 523 g/mol. The summed E-state index contributed by atoms with van der Waals surface area (Å²) in [6, 6.07) is 7.09. The Labute approximate surface area is 226 Å². The molecule has 1 saturated carbocycles. The molecule has 210 valence electrons. The van der Waals surface area contributed by atoms with Gasteiger partial charge in [0.15, 0.2) is 5.78 Å². The van der Waals surface area contributed by atoms with Gasteiger partial charge in [-0.05, 0) is 49.8 Å². The van der Waals surface area contributed by atoms with Crippen LogP contribution in [0.2, 0.25) is 5.02 Å². The summed E-state index contributed by atoms with van der Waals surface area (Å²) >= 11 is 6.09. The predicted molar refractivity (Wildman–Crippen MR) is 136 cm³/mol. The molecule has 2 heterocycles. The van der Waals surface area contributed by atoms with E-state index in [2.05, 4.69) is 5.32 Å². The lowest BCUT2D eigenvalue weighted by Gasteiger charge is -2.44. The number of nitrogens with one attached hydrogen (secondary N) is 1. The number of benzene rings is 1. The Bertz CT molecular complexity index is 1040. The van der Waals surface area contributed by atoms with Crippen molar-refractivity contribution in [2.75, 3.05) is 39.8 Å². The summed E-state index contributed by atoms with van der Waals surface area (Å²) in [5.74, 6) is -0.771. The van der Waals surface area contributed by atoms with Gasteiger partial charge in [0.05, 0.1) is 6.61 Å². The molecule has 1 aromatic carbocycles. The Hall–Kier alpha value is -2.33. The predicted octanol–water partition coefficient (Wildman–Crippen LogP) is 4.78. The number of likely N-dealkylation sites (N-methyl/N-ethyl adjacent to an activating group) is 1. The molecule has 2 atom stereocenters. The molecule has 0 unspecified atom stereocenters. The van der Waals surface area contributed by atoms with Gasteiger partial charge in [0.25, 0.3) is 0 Å². The number of carbonyl (C=O) groups is 3. The highest BCUT2D eigenvalue weighted by Gasteiger charge is 2.57. The number of hydrogen-bond acceptors (Lipinski definition) is 5. The average molecular weight is 558 g/mol. The Morgan fingerprint density at radius 1 is 1.16 bits per heavy atom. The van der Waals surface area contributed by atoms with Crippen LogP contribution in [-0.4, -0.2) is 79.1 Å². The molecule has 0 bridgehead atoms. The van der Waals surface area contributed by atoms with Crippen molar-refractivity contribution in [1.82, 2.24) is 15.1 Å². The first-order chi connectivity index (χ1) is 17.9. The molecule has 7 nitrogen and oxygen atoms in total. The smallest absolute Gasteiger partial charge is 0.410 e. The fourth-order valence-corrected chi connectivity index (χ4v) is 5.86. The number of ketones is 1. The Morgan fingerprint density at radius 3 is 2.37 bits per heavy atom. The van der Waals surface area contributed by atoms with Gasteiger partial charge in [-0.15, -0.1) is 0 Å². The number of rotatable bonds is 8. The van der Waals surface area contributed by atoms with Gasteiger partial charge in [0, 0.05) is 61.9 Å². The molecule has 0 radical (unpaired) electrons. The first-order valence-electron chi connectivity index (χ1n) is 13.1. The molecule has 2 amide bonds. The Morgan fingerprint density at radius 2 is 1.79 bits per heavy atom. The molecule has 1 N–H and O–H groups in total. The summed E-state index contributed by atoms with van der Waals surface area (Å²) in [5.41, 5.74) is -0.754. The molecule has 3 fully saturated rings. The summed E-state index contributed by atoms with van der Waals surface area (Å²) in [4.78, 5) is 43.3. The number of likely N-dealkylation sites (tertiary alicyclic amines) is 1. The standard InChI is InChI=1S/C27H35ClF3N3O4/c1-25(11-12-25)23(36)34-13-8-19(9-14-34)22(35)26(33(2)24(37)38-15-3-10-27(29,30)31)17-32-16-21(26)18-4-6-20(28)7-5-18/h4-7,19,21,32H,3,8-17H2,1-2H3/t21-,26+/m1/s1. The fraction of sp³-hybridized carbons (Fsp3) is 0.667. The topological polar surface area (TPSA) is 79.0 Å². The van der Waals surface area contributed by atoms with Gasteiger partial charge in [0.1, 0.15) is 5.54 Å². The summed E-state index contributed by atoms with van der Waals surface area (Å²) in [6.45, 7) is 3.14. The number of ether oxygens (including phenoxy) is 1. The first-order valence-corrected chi connectivity index (χ1v) is 13.5. The molecule has 1 aliphatic carbocycles. The maximum atomic E-state index is 14.3. The third kappa shape index (κ3) is 5.96. The molecular formula is C27H35ClF3N3O4. The second-order valence-corrected chi connectivity index (χ2v) is 11.5. The van der Waals surface area contributed by atoms with E-state index < -0.39 is 36.8 Å². The molecule has 11 heteroatoms. The molecule has 3 aliphatic rings. The molecule has 2 aliphatic heterocycles. The zero-order valence-corrected chi connectivity index (χ0v) is 22.5. The zero-order valence-electron chi connectivity index (χ0n) is 21.8. The van der Waals surface area contributed by atoms with Crippen LogP contribution in [0.25, 0.3) is 0 Å². The van der Waals surface area contributed by atoms with E-state index in [4.69, 9.17) is 16.3 Å². The van der Waals surface area contributed by atoms with Gasteiger partial charge < -0.3 is 15.0 Å². The molecule has 2 saturated heterocycles. The van der Waals surface area contributed by atoms with Gasteiger partial charge in [-0.25, -0.2) is 4.79 Å². The van der Waals surface area contributed by atoms with E-state index in [0.29, 0.717) is 37.5 Å². The van der Waals surface area contributed by atoms with Crippen LogP contribution in [0.4, 0.5) is 18.0 Å². The van der Waals surface area contributed by atoms with Crippen molar-refractivity contribution in [2.45, 2.75) is 63.1 Å². The summed E-state index contributed by atoms with van der Waals surface area (Å²) in [7, 11) is 1.48. The minimum absolute atomic E-state index is 0.123. The van der Waals surface area contributed by atoms with Gasteiger partial charge in [-0.3, -0.25) is 14.5 Å². The SMILES string of the molecule is CN(C(=O)OCCCC(F)(F)F)[C@@]1(C(=O)C2CCN(C(=O)C3(C)CC3)CC2)CNC[C@@H]1c1ccc(Cl)cc1. The third-order valence-electron chi connectivity index (χ3n) is 8.39. The lowest BCUT2D eigenvalue weighted by molar-refractivity contribution is -0.142. The number of piperidine rings is 1. The van der Waals surface area contributed by atoms with Gasteiger partial charge in [-0.2, -0.15) is 13.2 Å². The zero-order chi connectivity index (χ0) is 27.7. The largest absolute Gasteiger partial charge is 0.449 e. The first kappa shape index (κ1) is 28.7. The van der Waals surface area contributed by atoms with Crippen molar-refractivity contribution in [2.24, 2.45) is 11.3 Å². The van der Waals surface area contributed by atoms with Gasteiger partial charge in [0.2, 0.25) is 5.91 Å². The van der Waals surface area contributed by atoms with Gasteiger partial charge >= 0.3 is 12.3 Å². The van der Waals surface area contributed by atoms with Crippen LogP contribution < -0.4 is 5.32 Å². The highest BCUT2D eigenvalue weighted by Crippen LogP contribution is 2.47. The molecule has 4 rings (SSSR count). The van der Waals surface area contributed by atoms with Crippen LogP contribution in [0.3, 0.4) is 0 Å². The normalized spacial score (nSPS) is 25.2. The van der Waals surface area contributed by atoms with E-state index in [-0.39, 0.29) is 36.0 Å². The molecule has 38 heavy (non-hydrogen) atoms. The number of halogens is 4. The number of nitrogens with zero attached hydrogens (tertiary/aromatic N) is 2. The van der Waals surface area contributed by atoms with Crippen LogP contribution in [0.1, 0.15) is 56.9 Å². The molecule has 0 spiro atoms. The van der Waals surface area contributed by atoms with E-state index in [9.17, 15) is 27.6 Å². The number of alkyl halides is 3. The Kier molecular flexibility index (Phi) is 8.33. The number of Topliss-reactive ketones (excluding diaryl/α,β-unsaturated/α-hetero) is 1. The Balaban J connectivity index is 1.53. The lowest BCUT2D eigenvalue weighted by atomic mass is 9.72. The second kappa shape index (κ2) is 11.0. The van der Waals surface area contributed by atoms with Crippen LogP contribution >= 0.6 is 11.6 Å². The monoisotopic (exact) mass is 557 g/mol. The fourth-order valence-electron chi connectivity index (χ4n) is 5.74. The lowest BCUT2D eigenvalue weighted by Crippen LogP contribution is -2.62. The van der Waals surface area contributed by atoms with Crippen molar-refractivity contribution < 1.29 is 32.3 Å². The minimum atomic E-state index is -4.34. The van der Waals surface area contributed by atoms with Crippen LogP contribution in [0, 0.1) is 11.3 Å². The van der Waals surface area contributed by atoms with Crippen molar-refractivity contribution in [3.63, 3.8) is 0 Å². The van der Waals surface area contributed by atoms with E-state index >= 15 is 0 Å². The van der Waals surface area contributed by atoms with Crippen LogP contribution in [0.15, 0.2) is 24.3 Å². The molecule has 1 aromatic rings. The van der Waals surface area contributed by atoms with E-state index in [1.165, 1.54) is 11.9 Å². The average Bonchev–Trinajstić information content (AvgIpc) is 3.49. The third-order valence-corrected chi connectivity index (χ3v) is 8.64.